The van der Waals surface area contributed by atoms with Crippen LogP contribution < -0.4 is 5.14 Å². The van der Waals surface area contributed by atoms with E-state index in [1.807, 2.05) is 0 Å². The zero-order chi connectivity index (χ0) is 12.7. The van der Waals surface area contributed by atoms with Gasteiger partial charge in [-0.2, -0.15) is 0 Å². The highest BCUT2D eigenvalue weighted by Gasteiger charge is 2.23. The van der Waals surface area contributed by atoms with Crippen molar-refractivity contribution in [2.45, 2.75) is 9.79 Å². The normalized spacial score (nSPS) is 12.8. The zero-order valence-corrected chi connectivity index (χ0v) is 10.5. The van der Waals surface area contributed by atoms with E-state index in [9.17, 15) is 21.2 Å². The first kappa shape index (κ1) is 13.7. The van der Waals surface area contributed by atoms with Crippen molar-refractivity contribution in [1.82, 2.24) is 0 Å². The Hall–Kier alpha value is -0.410. The molecule has 1 rings (SSSR count). The van der Waals surface area contributed by atoms with Gasteiger partial charge in [-0.1, -0.05) is 11.6 Å². The Morgan fingerprint density at radius 1 is 1.12 bits per heavy atom. The predicted octanol–water partition coefficient (Wildman–Crippen LogP) is 1.05. The molecular weight excluding hydrogens is 304 g/mol. The second kappa shape index (κ2) is 4.11. The summed E-state index contributed by atoms with van der Waals surface area (Å²) in [7, 11) is -3.78. The molecule has 0 amide bonds. The van der Waals surface area contributed by atoms with Gasteiger partial charge in [0.15, 0.2) is 0 Å². The van der Waals surface area contributed by atoms with E-state index in [1.54, 1.807) is 0 Å². The van der Waals surface area contributed by atoms with Gasteiger partial charge in [-0.3, -0.25) is 0 Å². The summed E-state index contributed by atoms with van der Waals surface area (Å²) in [6, 6.07) is 0.978. The SMILES string of the molecule is NS(=O)(=O)c1cc(S(=O)(=O)Cl)c(F)cc1Cl. The first-order chi connectivity index (χ1) is 7.03. The van der Waals surface area contributed by atoms with Crippen LogP contribution in [-0.4, -0.2) is 16.8 Å². The third-order valence-electron chi connectivity index (χ3n) is 1.56. The van der Waals surface area contributed by atoms with Crippen LogP contribution >= 0.6 is 22.3 Å². The molecule has 1 aromatic carbocycles. The summed E-state index contributed by atoms with van der Waals surface area (Å²) in [5, 5.41) is 4.22. The molecule has 0 heterocycles. The molecule has 0 aliphatic rings. The van der Waals surface area contributed by atoms with Crippen LogP contribution in [0.5, 0.6) is 0 Å². The average molecular weight is 308 g/mol. The van der Waals surface area contributed by atoms with Gasteiger partial charge in [-0.15, -0.1) is 0 Å². The number of primary sulfonamides is 1. The van der Waals surface area contributed by atoms with Gasteiger partial charge >= 0.3 is 0 Å². The van der Waals surface area contributed by atoms with E-state index in [-0.39, 0.29) is 0 Å². The number of halogens is 3. The minimum atomic E-state index is -4.41. The second-order valence-corrected chi connectivity index (χ2v) is 7.17. The number of hydrogen-bond acceptors (Lipinski definition) is 4. The average Bonchev–Trinajstić information content (AvgIpc) is 1.97. The third-order valence-corrected chi connectivity index (χ3v) is 4.27. The maximum atomic E-state index is 13.1. The molecular formula is C6H4Cl2FNO4S2. The van der Waals surface area contributed by atoms with Gasteiger partial charge in [0.25, 0.3) is 9.05 Å². The Morgan fingerprint density at radius 3 is 2.00 bits per heavy atom. The summed E-state index contributed by atoms with van der Waals surface area (Å²) >= 11 is 5.40. The van der Waals surface area contributed by atoms with Crippen LogP contribution in [0.15, 0.2) is 21.9 Å². The smallest absolute Gasteiger partial charge is 0.225 e. The highest BCUT2D eigenvalue weighted by atomic mass is 35.7. The molecule has 10 heteroatoms. The molecule has 2 N–H and O–H groups in total. The number of rotatable bonds is 2. The van der Waals surface area contributed by atoms with E-state index in [1.165, 1.54) is 0 Å². The van der Waals surface area contributed by atoms with Crippen LogP contribution in [0.1, 0.15) is 0 Å². The van der Waals surface area contributed by atoms with Gasteiger partial charge in [0.05, 0.1) is 5.02 Å². The Kier molecular flexibility index (Phi) is 3.51. The van der Waals surface area contributed by atoms with Crippen molar-refractivity contribution in [1.29, 1.82) is 0 Å². The number of nitrogens with two attached hydrogens (primary N) is 1. The standard InChI is InChI=1S/C6H4Cl2FNO4S2/c7-3-1-4(9)6(15(8,11)12)2-5(3)16(10,13)14/h1-2H,(H2,10,13,14). The monoisotopic (exact) mass is 307 g/mol. The van der Waals surface area contributed by atoms with E-state index in [4.69, 9.17) is 27.4 Å². The quantitative estimate of drug-likeness (QED) is 0.826. The lowest BCUT2D eigenvalue weighted by Gasteiger charge is -2.04. The van der Waals surface area contributed by atoms with Gasteiger partial charge in [-0.05, 0) is 12.1 Å². The summed E-state index contributed by atoms with van der Waals surface area (Å²) < 4.78 is 56.9. The van der Waals surface area contributed by atoms with Crippen LogP contribution in [0.25, 0.3) is 0 Å². The van der Waals surface area contributed by atoms with Gasteiger partial charge in [0.2, 0.25) is 10.0 Å². The number of sulfonamides is 1. The van der Waals surface area contributed by atoms with Crippen molar-refractivity contribution >= 4 is 41.4 Å². The van der Waals surface area contributed by atoms with Crippen molar-refractivity contribution in [2.75, 3.05) is 0 Å². The highest BCUT2D eigenvalue weighted by molar-refractivity contribution is 8.13. The molecule has 0 fully saturated rings. The van der Waals surface area contributed by atoms with Crippen molar-refractivity contribution < 1.29 is 21.2 Å². The van der Waals surface area contributed by atoms with E-state index in [0.29, 0.717) is 12.1 Å². The molecule has 0 aliphatic heterocycles. The molecule has 5 nitrogen and oxygen atoms in total. The fourth-order valence-electron chi connectivity index (χ4n) is 0.915. The van der Waals surface area contributed by atoms with Crippen molar-refractivity contribution in [3.05, 3.63) is 23.0 Å². The van der Waals surface area contributed by atoms with Gasteiger partial charge < -0.3 is 0 Å². The summed E-state index contributed by atoms with van der Waals surface area (Å²) in [5.74, 6) is -1.26. The van der Waals surface area contributed by atoms with E-state index in [0.717, 1.165) is 0 Å². The highest BCUT2D eigenvalue weighted by Crippen LogP contribution is 2.28. The molecule has 16 heavy (non-hydrogen) atoms. The van der Waals surface area contributed by atoms with Crippen LogP contribution in [0.4, 0.5) is 4.39 Å². The molecule has 0 radical (unpaired) electrons. The van der Waals surface area contributed by atoms with Crippen molar-refractivity contribution in [3.63, 3.8) is 0 Å². The largest absolute Gasteiger partial charge is 0.264 e. The van der Waals surface area contributed by atoms with E-state index < -0.39 is 39.7 Å². The van der Waals surface area contributed by atoms with Crippen LogP contribution in [0, 0.1) is 5.82 Å². The molecule has 0 saturated carbocycles. The molecule has 90 valence electrons. The van der Waals surface area contributed by atoms with E-state index >= 15 is 0 Å². The van der Waals surface area contributed by atoms with Gasteiger partial charge in [0, 0.05) is 10.7 Å². The molecule has 0 saturated heterocycles. The molecule has 0 spiro atoms. The lowest BCUT2D eigenvalue weighted by molar-refractivity contribution is 0.572. The lowest BCUT2D eigenvalue weighted by Crippen LogP contribution is -2.14. The first-order valence-electron chi connectivity index (χ1n) is 3.50. The van der Waals surface area contributed by atoms with E-state index in [2.05, 4.69) is 0 Å². The first-order valence-corrected chi connectivity index (χ1v) is 7.73. The molecule has 0 atom stereocenters. The van der Waals surface area contributed by atoms with Crippen LogP contribution in [0.3, 0.4) is 0 Å². The Morgan fingerprint density at radius 2 is 1.62 bits per heavy atom. The van der Waals surface area contributed by atoms with Crippen LogP contribution in [-0.2, 0) is 19.1 Å². The molecule has 1 aromatic rings. The predicted molar refractivity (Wildman–Crippen MR) is 55.8 cm³/mol. The Balaban J connectivity index is 3.72. The van der Waals surface area contributed by atoms with Gasteiger partial charge in [-0.25, -0.2) is 26.4 Å². The second-order valence-electron chi connectivity index (χ2n) is 2.70. The Labute approximate surface area is 100 Å². The van der Waals surface area contributed by atoms with Gasteiger partial charge in [0.1, 0.15) is 15.6 Å². The minimum absolute atomic E-state index is 0.468. The molecule has 0 aromatic heterocycles. The summed E-state index contributed by atoms with van der Waals surface area (Å²) in [5.41, 5.74) is 0. The maximum absolute atomic E-state index is 13.1. The molecule has 0 aliphatic carbocycles. The number of hydrogen-bond donors (Lipinski definition) is 1. The molecule has 0 unspecified atom stereocenters. The Bertz CT molecular complexity index is 587. The number of benzene rings is 1. The lowest BCUT2D eigenvalue weighted by atomic mass is 10.3. The van der Waals surface area contributed by atoms with Crippen molar-refractivity contribution in [3.8, 4) is 0 Å². The summed E-state index contributed by atoms with van der Waals surface area (Å²) in [4.78, 5) is -1.71. The fourth-order valence-corrected chi connectivity index (χ4v) is 2.98. The minimum Gasteiger partial charge on any atom is -0.225 e. The summed E-state index contributed by atoms with van der Waals surface area (Å²) in [6.45, 7) is 0. The molecule has 0 bridgehead atoms. The topological polar surface area (TPSA) is 94.3 Å². The zero-order valence-electron chi connectivity index (χ0n) is 7.32. The fraction of sp³-hybridized carbons (Fsp3) is 0. The maximum Gasteiger partial charge on any atom is 0.264 e. The van der Waals surface area contributed by atoms with Crippen LogP contribution in [0.2, 0.25) is 5.02 Å². The van der Waals surface area contributed by atoms with Crippen molar-refractivity contribution in [2.24, 2.45) is 5.14 Å². The third kappa shape index (κ3) is 2.83. The summed E-state index contributed by atoms with van der Waals surface area (Å²) in [6.07, 6.45) is 0.